The Labute approximate surface area is 166 Å². The molecule has 0 radical (unpaired) electrons. The van der Waals surface area contributed by atoms with Crippen molar-refractivity contribution >= 4 is 56.5 Å². The number of non-ortho nitro benzene ring substituents is 1. The molecule has 0 N–H and O–H groups in total. The van der Waals surface area contributed by atoms with E-state index in [0.717, 1.165) is 17.3 Å². The molecule has 140 valence electrons. The predicted molar refractivity (Wildman–Crippen MR) is 106 cm³/mol. The molecule has 3 rings (SSSR count). The number of aromatic nitrogens is 1. The number of thioether (sulfide) groups is 1. The minimum Gasteiger partial charge on any atom is -0.316 e. The molecule has 0 spiro atoms. The van der Waals surface area contributed by atoms with Crippen LogP contribution < -0.4 is 4.80 Å². The molecule has 10 heteroatoms. The van der Waals surface area contributed by atoms with Gasteiger partial charge in [-0.05, 0) is 30.5 Å². The molecule has 0 fully saturated rings. The van der Waals surface area contributed by atoms with E-state index in [2.05, 4.69) is 4.99 Å². The predicted octanol–water partition coefficient (Wildman–Crippen LogP) is 4.51. The number of carbonyl (C=O) groups excluding carboxylic acids is 1. The smallest absolute Gasteiger partial charge is 0.281 e. The molecule has 27 heavy (non-hydrogen) atoms. The highest BCUT2D eigenvalue weighted by Crippen LogP contribution is 2.23. The lowest BCUT2D eigenvalue weighted by atomic mass is 10.2. The molecule has 1 aromatic heterocycles. The number of fused-ring (bicyclic) bond motifs is 1. The number of thiazole rings is 1. The molecule has 6 nitrogen and oxygen atoms in total. The topological polar surface area (TPSA) is 77.5 Å². The molecular weight excluding hydrogens is 413 g/mol. The van der Waals surface area contributed by atoms with E-state index in [0.29, 0.717) is 16.0 Å². The van der Waals surface area contributed by atoms with Crippen LogP contribution in [-0.4, -0.2) is 27.4 Å². The van der Waals surface area contributed by atoms with Crippen LogP contribution in [0.25, 0.3) is 10.2 Å². The number of halogens is 2. The standard InChI is InChI=1S/C17H13ClFN3O3S2/c1-26-7-6-21-14-5-2-10(19)8-15(14)27-17(21)20-16(23)12-9-11(22(24)25)3-4-13(12)18/h2-5,8-9H,6-7H2,1H3. The fourth-order valence-electron chi connectivity index (χ4n) is 2.47. The van der Waals surface area contributed by atoms with Crippen LogP contribution in [0, 0.1) is 15.9 Å². The number of carbonyl (C=O) groups is 1. The maximum atomic E-state index is 13.5. The summed E-state index contributed by atoms with van der Waals surface area (Å²) in [5.74, 6) is -0.281. The maximum Gasteiger partial charge on any atom is 0.281 e. The number of nitro groups is 1. The van der Waals surface area contributed by atoms with Crippen molar-refractivity contribution in [2.75, 3.05) is 12.0 Å². The lowest BCUT2D eigenvalue weighted by molar-refractivity contribution is -0.384. The zero-order valence-electron chi connectivity index (χ0n) is 14.0. The zero-order chi connectivity index (χ0) is 19.6. The Balaban J connectivity index is 2.13. The second-order valence-electron chi connectivity index (χ2n) is 5.48. The number of benzene rings is 2. The minimum absolute atomic E-state index is 0.0501. The molecule has 0 saturated heterocycles. The normalized spacial score (nSPS) is 11.9. The third-order valence-corrected chi connectivity index (χ3v) is 5.71. The number of amides is 1. The second-order valence-corrected chi connectivity index (χ2v) is 7.88. The first-order chi connectivity index (χ1) is 12.9. The first kappa shape index (κ1) is 19.5. The van der Waals surface area contributed by atoms with Crippen LogP contribution in [0.1, 0.15) is 10.4 Å². The molecule has 0 atom stereocenters. The maximum absolute atomic E-state index is 13.5. The van der Waals surface area contributed by atoms with Gasteiger partial charge in [-0.15, -0.1) is 0 Å². The Kier molecular flexibility index (Phi) is 5.93. The third-order valence-electron chi connectivity index (χ3n) is 3.75. The molecule has 2 aromatic carbocycles. The van der Waals surface area contributed by atoms with Crippen LogP contribution in [0.2, 0.25) is 5.02 Å². The molecule has 0 saturated carbocycles. The van der Waals surface area contributed by atoms with E-state index in [9.17, 15) is 19.3 Å². The Morgan fingerprint density at radius 3 is 2.85 bits per heavy atom. The Bertz CT molecular complexity index is 1110. The number of hydrogen-bond acceptors (Lipinski definition) is 5. The van der Waals surface area contributed by atoms with Crippen molar-refractivity contribution in [2.45, 2.75) is 6.54 Å². The zero-order valence-corrected chi connectivity index (χ0v) is 16.4. The number of hydrogen-bond donors (Lipinski definition) is 0. The molecule has 0 aliphatic heterocycles. The van der Waals surface area contributed by atoms with Crippen molar-refractivity contribution in [1.82, 2.24) is 4.57 Å². The van der Waals surface area contributed by atoms with Gasteiger partial charge in [-0.1, -0.05) is 22.9 Å². The van der Waals surface area contributed by atoms with E-state index in [1.54, 1.807) is 17.8 Å². The van der Waals surface area contributed by atoms with Gasteiger partial charge in [0.2, 0.25) is 0 Å². The lowest BCUT2D eigenvalue weighted by Gasteiger charge is -2.04. The lowest BCUT2D eigenvalue weighted by Crippen LogP contribution is -2.18. The third kappa shape index (κ3) is 4.20. The Hall–Kier alpha value is -2.23. The molecule has 0 bridgehead atoms. The average Bonchev–Trinajstić information content (AvgIpc) is 2.95. The van der Waals surface area contributed by atoms with Crippen LogP contribution in [-0.2, 0) is 6.54 Å². The summed E-state index contributed by atoms with van der Waals surface area (Å²) in [7, 11) is 0. The highest BCUT2D eigenvalue weighted by molar-refractivity contribution is 7.98. The number of nitro benzene ring substituents is 1. The molecule has 1 heterocycles. The molecule has 3 aromatic rings. The van der Waals surface area contributed by atoms with Gasteiger partial charge in [0.25, 0.3) is 11.6 Å². The van der Waals surface area contributed by atoms with E-state index in [1.165, 1.54) is 35.6 Å². The summed E-state index contributed by atoms with van der Waals surface area (Å²) < 4.78 is 16.0. The largest absolute Gasteiger partial charge is 0.316 e. The fourth-order valence-corrected chi connectivity index (χ4v) is 4.11. The second kappa shape index (κ2) is 8.20. The Morgan fingerprint density at radius 1 is 1.37 bits per heavy atom. The van der Waals surface area contributed by atoms with E-state index in [4.69, 9.17) is 11.6 Å². The highest BCUT2D eigenvalue weighted by atomic mass is 35.5. The van der Waals surface area contributed by atoms with Crippen LogP contribution in [0.5, 0.6) is 0 Å². The van der Waals surface area contributed by atoms with Gasteiger partial charge >= 0.3 is 0 Å². The van der Waals surface area contributed by atoms with Gasteiger partial charge in [0.1, 0.15) is 5.82 Å². The summed E-state index contributed by atoms with van der Waals surface area (Å²) in [5, 5.41) is 11.0. The summed E-state index contributed by atoms with van der Waals surface area (Å²) in [5.41, 5.74) is 0.477. The first-order valence-corrected chi connectivity index (χ1v) is 10.3. The van der Waals surface area contributed by atoms with Crippen molar-refractivity contribution in [3.8, 4) is 0 Å². The van der Waals surface area contributed by atoms with Crippen LogP contribution >= 0.6 is 34.7 Å². The number of nitrogens with zero attached hydrogens (tertiary/aromatic N) is 3. The fraction of sp³-hybridized carbons (Fsp3) is 0.176. The number of aryl methyl sites for hydroxylation is 1. The number of rotatable bonds is 5. The van der Waals surface area contributed by atoms with Gasteiger partial charge in [0.05, 0.1) is 25.7 Å². The summed E-state index contributed by atoms with van der Waals surface area (Å²) in [6.45, 7) is 0.585. The van der Waals surface area contributed by atoms with Gasteiger partial charge in [-0.25, -0.2) is 4.39 Å². The monoisotopic (exact) mass is 425 g/mol. The Morgan fingerprint density at radius 2 is 2.15 bits per heavy atom. The summed E-state index contributed by atoms with van der Waals surface area (Å²) in [6, 6.07) is 8.01. The summed E-state index contributed by atoms with van der Waals surface area (Å²) in [4.78, 5) is 27.5. The van der Waals surface area contributed by atoms with E-state index in [-0.39, 0.29) is 22.1 Å². The molecule has 0 aliphatic rings. The van der Waals surface area contributed by atoms with Gasteiger partial charge in [0.15, 0.2) is 4.80 Å². The van der Waals surface area contributed by atoms with Crippen LogP contribution in [0.3, 0.4) is 0 Å². The van der Waals surface area contributed by atoms with E-state index < -0.39 is 10.8 Å². The van der Waals surface area contributed by atoms with Crippen molar-refractivity contribution in [3.63, 3.8) is 0 Å². The summed E-state index contributed by atoms with van der Waals surface area (Å²) in [6.07, 6.45) is 1.96. The van der Waals surface area contributed by atoms with Gasteiger partial charge < -0.3 is 4.57 Å². The van der Waals surface area contributed by atoms with Crippen molar-refractivity contribution in [3.05, 3.63) is 67.7 Å². The molecule has 1 amide bonds. The van der Waals surface area contributed by atoms with E-state index in [1.807, 2.05) is 10.8 Å². The minimum atomic E-state index is -0.686. The summed E-state index contributed by atoms with van der Waals surface area (Å²) >= 11 is 8.83. The van der Waals surface area contributed by atoms with E-state index >= 15 is 0 Å². The van der Waals surface area contributed by atoms with Crippen LogP contribution in [0.4, 0.5) is 10.1 Å². The quantitative estimate of drug-likeness (QED) is 0.445. The SMILES string of the molecule is CSCCn1c(=NC(=O)c2cc([N+](=O)[O-])ccc2Cl)sc2cc(F)ccc21. The van der Waals surface area contributed by atoms with Gasteiger partial charge in [-0.3, -0.25) is 14.9 Å². The molecule has 0 aliphatic carbocycles. The van der Waals surface area contributed by atoms with Gasteiger partial charge in [0, 0.05) is 24.4 Å². The van der Waals surface area contributed by atoms with Crippen molar-refractivity contribution in [2.24, 2.45) is 4.99 Å². The van der Waals surface area contributed by atoms with Crippen molar-refractivity contribution in [1.29, 1.82) is 0 Å². The van der Waals surface area contributed by atoms with Gasteiger partial charge in [-0.2, -0.15) is 16.8 Å². The molecular formula is C17H13ClFN3O3S2. The average molecular weight is 426 g/mol. The van der Waals surface area contributed by atoms with Crippen molar-refractivity contribution < 1.29 is 14.1 Å². The molecule has 0 unspecified atom stereocenters. The first-order valence-electron chi connectivity index (χ1n) is 7.71. The van der Waals surface area contributed by atoms with Crippen LogP contribution in [0.15, 0.2) is 41.4 Å². The highest BCUT2D eigenvalue weighted by Gasteiger charge is 2.16.